The molecule has 1 amide bonds. The fourth-order valence-electron chi connectivity index (χ4n) is 2.75. The monoisotopic (exact) mass is 371 g/mol. The Balaban J connectivity index is 1.51. The number of hydrazine groups is 1. The van der Waals surface area contributed by atoms with Gasteiger partial charge in [-0.05, 0) is 29.8 Å². The van der Waals surface area contributed by atoms with Crippen molar-refractivity contribution in [1.82, 2.24) is 10.3 Å². The Hall–Kier alpha value is -2.77. The van der Waals surface area contributed by atoms with Gasteiger partial charge in [-0.2, -0.15) is 0 Å². The molecule has 0 aliphatic carbocycles. The second kappa shape index (κ2) is 9.80. The molecule has 0 radical (unpaired) electrons. The minimum atomic E-state index is -0.0434. The van der Waals surface area contributed by atoms with Gasteiger partial charge in [-0.3, -0.25) is 4.79 Å². The number of carbonyl (C=O) groups is 1. The lowest BCUT2D eigenvalue weighted by atomic mass is 10.2. The van der Waals surface area contributed by atoms with Crippen molar-refractivity contribution in [2.24, 2.45) is 0 Å². The lowest BCUT2D eigenvalue weighted by molar-refractivity contribution is -0.137. The summed E-state index contributed by atoms with van der Waals surface area (Å²) in [7, 11) is 1.59. The second-order valence-corrected chi connectivity index (χ2v) is 6.11. The number of amides is 1. The topological polar surface area (TPSA) is 72.1 Å². The molecule has 3 rings (SSSR count). The van der Waals surface area contributed by atoms with E-state index in [1.165, 1.54) is 0 Å². The summed E-state index contributed by atoms with van der Waals surface area (Å²) in [6.07, 6.45) is 0. The lowest BCUT2D eigenvalue weighted by Gasteiger charge is -2.26. The van der Waals surface area contributed by atoms with Crippen LogP contribution in [0.4, 0.5) is 5.69 Å². The zero-order valence-electron chi connectivity index (χ0n) is 15.4. The molecule has 2 aromatic rings. The van der Waals surface area contributed by atoms with E-state index in [4.69, 9.17) is 14.2 Å². The number of nitrogens with one attached hydrogen (secondary N) is 2. The van der Waals surface area contributed by atoms with Crippen LogP contribution in [0.2, 0.25) is 0 Å². The van der Waals surface area contributed by atoms with E-state index in [1.54, 1.807) is 12.0 Å². The number of ether oxygens (including phenoxy) is 3. The first-order valence-electron chi connectivity index (χ1n) is 8.95. The normalized spacial score (nSPS) is 13.9. The number of hydrogen-bond acceptors (Lipinski definition) is 6. The summed E-state index contributed by atoms with van der Waals surface area (Å²) in [4.78, 5) is 14.0. The fourth-order valence-corrected chi connectivity index (χ4v) is 2.75. The molecule has 0 aromatic heterocycles. The Labute approximate surface area is 159 Å². The first kappa shape index (κ1) is 19.0. The SMILES string of the molecule is COc1cc(CNNc2ccccc2)ccc1OCC(=O)N1CCOCC1. The van der Waals surface area contributed by atoms with E-state index in [-0.39, 0.29) is 12.5 Å². The highest BCUT2D eigenvalue weighted by atomic mass is 16.5. The van der Waals surface area contributed by atoms with E-state index in [0.29, 0.717) is 44.3 Å². The van der Waals surface area contributed by atoms with Crippen LogP contribution in [0.5, 0.6) is 11.5 Å². The number of benzene rings is 2. The Morgan fingerprint density at radius 2 is 1.89 bits per heavy atom. The van der Waals surface area contributed by atoms with Crippen LogP contribution in [-0.4, -0.2) is 50.8 Å². The van der Waals surface area contributed by atoms with E-state index < -0.39 is 0 Å². The summed E-state index contributed by atoms with van der Waals surface area (Å²) >= 11 is 0. The summed E-state index contributed by atoms with van der Waals surface area (Å²) in [6.45, 7) is 2.97. The second-order valence-electron chi connectivity index (χ2n) is 6.11. The molecule has 1 heterocycles. The summed E-state index contributed by atoms with van der Waals surface area (Å²) in [5, 5.41) is 0. The molecular formula is C20H25N3O4. The highest BCUT2D eigenvalue weighted by molar-refractivity contribution is 5.78. The number of rotatable bonds is 8. The van der Waals surface area contributed by atoms with Crippen molar-refractivity contribution in [3.63, 3.8) is 0 Å². The van der Waals surface area contributed by atoms with Crippen LogP contribution < -0.4 is 20.3 Å². The van der Waals surface area contributed by atoms with Crippen LogP contribution in [0, 0.1) is 0 Å². The molecule has 2 N–H and O–H groups in total. The average Bonchev–Trinajstić information content (AvgIpc) is 2.73. The van der Waals surface area contributed by atoms with Crippen LogP contribution in [-0.2, 0) is 16.1 Å². The first-order valence-corrected chi connectivity index (χ1v) is 8.95. The van der Waals surface area contributed by atoms with Gasteiger partial charge in [0, 0.05) is 25.3 Å². The maximum atomic E-state index is 12.2. The van der Waals surface area contributed by atoms with Crippen LogP contribution in [0.1, 0.15) is 5.56 Å². The van der Waals surface area contributed by atoms with Crippen molar-refractivity contribution in [2.75, 3.05) is 45.4 Å². The highest BCUT2D eigenvalue weighted by Gasteiger charge is 2.18. The van der Waals surface area contributed by atoms with Gasteiger partial charge in [-0.1, -0.05) is 24.3 Å². The Kier molecular flexibility index (Phi) is 6.90. The number of morpholine rings is 1. The van der Waals surface area contributed by atoms with E-state index in [1.807, 2.05) is 48.5 Å². The minimum Gasteiger partial charge on any atom is -0.493 e. The first-order chi connectivity index (χ1) is 13.3. The average molecular weight is 371 g/mol. The number of anilines is 1. The van der Waals surface area contributed by atoms with Crippen molar-refractivity contribution in [2.45, 2.75) is 6.54 Å². The van der Waals surface area contributed by atoms with Crippen molar-refractivity contribution in [3.8, 4) is 11.5 Å². The molecular weight excluding hydrogens is 346 g/mol. The molecule has 1 aliphatic heterocycles. The van der Waals surface area contributed by atoms with E-state index in [9.17, 15) is 4.79 Å². The van der Waals surface area contributed by atoms with Gasteiger partial charge in [-0.15, -0.1) is 0 Å². The van der Waals surface area contributed by atoms with Crippen LogP contribution in [0.3, 0.4) is 0 Å². The van der Waals surface area contributed by atoms with E-state index in [0.717, 1.165) is 11.3 Å². The van der Waals surface area contributed by atoms with Gasteiger partial charge in [0.05, 0.1) is 20.3 Å². The molecule has 144 valence electrons. The molecule has 7 nitrogen and oxygen atoms in total. The Morgan fingerprint density at radius 1 is 1.11 bits per heavy atom. The summed E-state index contributed by atoms with van der Waals surface area (Å²) in [5.41, 5.74) is 8.32. The maximum Gasteiger partial charge on any atom is 0.260 e. The predicted molar refractivity (Wildman–Crippen MR) is 103 cm³/mol. The lowest BCUT2D eigenvalue weighted by Crippen LogP contribution is -2.43. The number of carbonyl (C=O) groups excluding carboxylic acids is 1. The van der Waals surface area contributed by atoms with E-state index >= 15 is 0 Å². The van der Waals surface area contributed by atoms with Crippen LogP contribution in [0.25, 0.3) is 0 Å². The number of methoxy groups -OCH3 is 1. The highest BCUT2D eigenvalue weighted by Crippen LogP contribution is 2.28. The summed E-state index contributed by atoms with van der Waals surface area (Å²) in [6, 6.07) is 15.5. The molecule has 0 spiro atoms. The van der Waals surface area contributed by atoms with Gasteiger partial charge in [0.15, 0.2) is 18.1 Å². The molecule has 0 bridgehead atoms. The minimum absolute atomic E-state index is 0.0104. The third kappa shape index (κ3) is 5.60. The Bertz CT molecular complexity index is 733. The van der Waals surface area contributed by atoms with Crippen molar-refractivity contribution >= 4 is 11.6 Å². The van der Waals surface area contributed by atoms with Crippen LogP contribution in [0.15, 0.2) is 48.5 Å². The zero-order chi connectivity index (χ0) is 18.9. The van der Waals surface area contributed by atoms with E-state index in [2.05, 4.69) is 10.9 Å². The molecule has 0 atom stereocenters. The molecule has 2 aromatic carbocycles. The standard InChI is InChI=1S/C20H25N3O4/c1-25-19-13-16(14-21-22-17-5-3-2-4-6-17)7-8-18(19)27-15-20(24)23-9-11-26-12-10-23/h2-8,13,21-22H,9-12,14-15H2,1H3. The number of nitrogens with zero attached hydrogens (tertiary/aromatic N) is 1. The molecule has 0 saturated carbocycles. The molecule has 1 aliphatic rings. The molecule has 0 unspecified atom stereocenters. The largest absolute Gasteiger partial charge is 0.493 e. The predicted octanol–water partition coefficient (Wildman–Crippen LogP) is 2.05. The van der Waals surface area contributed by atoms with Gasteiger partial charge in [0.1, 0.15) is 0 Å². The van der Waals surface area contributed by atoms with Gasteiger partial charge in [0.25, 0.3) is 5.91 Å². The quantitative estimate of drug-likeness (QED) is 0.692. The van der Waals surface area contributed by atoms with Gasteiger partial charge >= 0.3 is 0 Å². The van der Waals surface area contributed by atoms with Gasteiger partial charge in [-0.25, -0.2) is 5.43 Å². The molecule has 1 fully saturated rings. The van der Waals surface area contributed by atoms with Crippen molar-refractivity contribution < 1.29 is 19.0 Å². The van der Waals surface area contributed by atoms with Crippen molar-refractivity contribution in [3.05, 3.63) is 54.1 Å². The smallest absolute Gasteiger partial charge is 0.260 e. The molecule has 27 heavy (non-hydrogen) atoms. The van der Waals surface area contributed by atoms with Crippen molar-refractivity contribution in [1.29, 1.82) is 0 Å². The summed E-state index contributed by atoms with van der Waals surface area (Å²) < 4.78 is 16.3. The number of para-hydroxylation sites is 1. The maximum absolute atomic E-state index is 12.2. The third-order valence-corrected chi connectivity index (χ3v) is 4.24. The van der Waals surface area contributed by atoms with Crippen LogP contribution >= 0.6 is 0 Å². The molecule has 7 heteroatoms. The van der Waals surface area contributed by atoms with Gasteiger partial charge in [0.2, 0.25) is 0 Å². The fraction of sp³-hybridized carbons (Fsp3) is 0.350. The third-order valence-electron chi connectivity index (χ3n) is 4.24. The molecule has 1 saturated heterocycles. The van der Waals surface area contributed by atoms with Gasteiger partial charge < -0.3 is 24.5 Å². The summed E-state index contributed by atoms with van der Waals surface area (Å²) in [5.74, 6) is 1.11. The Morgan fingerprint density at radius 3 is 2.63 bits per heavy atom. The number of hydrogen-bond donors (Lipinski definition) is 2. The zero-order valence-corrected chi connectivity index (χ0v) is 15.4.